The van der Waals surface area contributed by atoms with Crippen molar-refractivity contribution in [2.45, 2.75) is 19.0 Å². The van der Waals surface area contributed by atoms with Crippen molar-refractivity contribution in [2.75, 3.05) is 0 Å². The maximum Gasteiger partial charge on any atom is 0.350 e. The molecule has 0 spiro atoms. The van der Waals surface area contributed by atoms with E-state index in [-0.39, 0.29) is 24.6 Å². The summed E-state index contributed by atoms with van der Waals surface area (Å²) >= 11 is 1.46. The molecule has 23 heavy (non-hydrogen) atoms. The number of nitrogens with one attached hydrogen (secondary N) is 1. The van der Waals surface area contributed by atoms with Crippen LogP contribution in [0.5, 0.6) is 0 Å². The minimum atomic E-state index is -0.674. The number of hydrogen-bond donors (Lipinski definition) is 1. The van der Waals surface area contributed by atoms with Gasteiger partial charge < -0.3 is 5.32 Å². The molecule has 7 nitrogen and oxygen atoms in total. The van der Waals surface area contributed by atoms with Crippen LogP contribution in [-0.4, -0.2) is 20.1 Å². The number of thiophene rings is 1. The van der Waals surface area contributed by atoms with Crippen molar-refractivity contribution in [3.05, 3.63) is 57.3 Å². The smallest absolute Gasteiger partial charge is 0.337 e. The number of carbonyl (C=O) groups is 1. The second kappa shape index (κ2) is 6.46. The Morgan fingerprint density at radius 2 is 2.30 bits per heavy atom. The molecule has 3 heterocycles. The van der Waals surface area contributed by atoms with Gasteiger partial charge in [0.2, 0.25) is 5.91 Å². The van der Waals surface area contributed by atoms with E-state index in [1.54, 1.807) is 30.5 Å². The number of pyridine rings is 1. The van der Waals surface area contributed by atoms with E-state index in [2.05, 4.69) is 16.5 Å². The maximum absolute atomic E-state index is 12.1. The highest BCUT2D eigenvalue weighted by molar-refractivity contribution is 7.08. The Hall–Kier alpha value is -2.92. The van der Waals surface area contributed by atoms with Gasteiger partial charge >= 0.3 is 5.69 Å². The van der Waals surface area contributed by atoms with Gasteiger partial charge in [0.25, 0.3) is 0 Å². The average Bonchev–Trinajstić information content (AvgIpc) is 3.20. The van der Waals surface area contributed by atoms with Gasteiger partial charge in [0.05, 0.1) is 12.6 Å². The molecule has 0 aliphatic rings. The molecule has 0 saturated heterocycles. The molecular formula is C15H13N5O2S. The molecule has 0 unspecified atom stereocenters. The van der Waals surface area contributed by atoms with Gasteiger partial charge in [-0.3, -0.25) is 9.20 Å². The van der Waals surface area contributed by atoms with Crippen LogP contribution >= 0.6 is 11.3 Å². The van der Waals surface area contributed by atoms with Crippen LogP contribution in [0, 0.1) is 11.3 Å². The number of amides is 1. The zero-order chi connectivity index (χ0) is 16.2. The van der Waals surface area contributed by atoms with Crippen LogP contribution in [0.25, 0.3) is 5.65 Å². The molecule has 3 aromatic heterocycles. The lowest BCUT2D eigenvalue weighted by atomic mass is 10.1. The van der Waals surface area contributed by atoms with Crippen molar-refractivity contribution in [1.82, 2.24) is 19.5 Å². The Morgan fingerprint density at radius 1 is 1.43 bits per heavy atom. The van der Waals surface area contributed by atoms with Gasteiger partial charge in [0.1, 0.15) is 6.04 Å². The highest BCUT2D eigenvalue weighted by Crippen LogP contribution is 2.15. The van der Waals surface area contributed by atoms with E-state index in [9.17, 15) is 9.59 Å². The van der Waals surface area contributed by atoms with E-state index in [0.29, 0.717) is 5.65 Å². The van der Waals surface area contributed by atoms with Crippen LogP contribution in [0.4, 0.5) is 0 Å². The standard InChI is InChI=1S/C15H13N5O2S/c16-9-12(11-5-8-23-10-11)17-14(21)4-7-20-15(22)19-6-2-1-3-13(19)18-20/h1-3,5-6,8,10,12H,4,7H2,(H,17,21)/t12-/m1/s1. The molecule has 0 radical (unpaired) electrons. The highest BCUT2D eigenvalue weighted by Gasteiger charge is 2.15. The number of carbonyl (C=O) groups excluding carboxylic acids is 1. The van der Waals surface area contributed by atoms with E-state index >= 15 is 0 Å². The number of hydrogen-bond acceptors (Lipinski definition) is 5. The summed E-state index contributed by atoms with van der Waals surface area (Å²) in [6.45, 7) is 0.161. The Balaban J connectivity index is 1.65. The van der Waals surface area contributed by atoms with Crippen molar-refractivity contribution >= 4 is 22.9 Å². The van der Waals surface area contributed by atoms with Gasteiger partial charge in [-0.15, -0.1) is 5.10 Å². The van der Waals surface area contributed by atoms with Crippen molar-refractivity contribution in [3.8, 4) is 6.07 Å². The molecule has 8 heteroatoms. The lowest BCUT2D eigenvalue weighted by Crippen LogP contribution is -2.30. The molecule has 1 amide bonds. The second-order valence-electron chi connectivity index (χ2n) is 4.87. The lowest BCUT2D eigenvalue weighted by Gasteiger charge is -2.09. The molecule has 0 saturated carbocycles. The summed E-state index contributed by atoms with van der Waals surface area (Å²) in [6, 6.07) is 8.43. The molecular weight excluding hydrogens is 314 g/mol. The van der Waals surface area contributed by atoms with E-state index in [4.69, 9.17) is 5.26 Å². The molecule has 0 bridgehead atoms. The predicted octanol–water partition coefficient (Wildman–Crippen LogP) is 1.33. The van der Waals surface area contributed by atoms with Gasteiger partial charge in [-0.1, -0.05) is 6.07 Å². The predicted molar refractivity (Wildman–Crippen MR) is 84.9 cm³/mol. The SMILES string of the molecule is N#C[C@@H](NC(=O)CCn1nc2ccccn2c1=O)c1ccsc1. The van der Waals surface area contributed by atoms with Crippen molar-refractivity contribution in [1.29, 1.82) is 5.26 Å². The fraction of sp³-hybridized carbons (Fsp3) is 0.200. The van der Waals surface area contributed by atoms with Crippen LogP contribution < -0.4 is 11.0 Å². The molecule has 1 atom stereocenters. The van der Waals surface area contributed by atoms with Crippen molar-refractivity contribution in [3.63, 3.8) is 0 Å². The molecule has 0 fully saturated rings. The third-order valence-corrected chi connectivity index (χ3v) is 4.05. The Kier molecular flexibility index (Phi) is 4.21. The van der Waals surface area contributed by atoms with Gasteiger partial charge in [-0.25, -0.2) is 9.48 Å². The zero-order valence-electron chi connectivity index (χ0n) is 12.0. The second-order valence-corrected chi connectivity index (χ2v) is 5.65. The minimum absolute atomic E-state index is 0.0755. The van der Waals surface area contributed by atoms with Crippen molar-refractivity contribution < 1.29 is 4.79 Å². The molecule has 0 aromatic carbocycles. The van der Waals surface area contributed by atoms with Crippen molar-refractivity contribution in [2.24, 2.45) is 0 Å². The normalized spacial score (nSPS) is 12.0. The molecule has 116 valence electrons. The van der Waals surface area contributed by atoms with Gasteiger partial charge in [0.15, 0.2) is 5.65 Å². The van der Waals surface area contributed by atoms with Crippen LogP contribution in [0.2, 0.25) is 0 Å². The third kappa shape index (κ3) is 3.14. The quantitative estimate of drug-likeness (QED) is 0.765. The van der Waals surface area contributed by atoms with E-state index in [0.717, 1.165) is 5.56 Å². The van der Waals surface area contributed by atoms with Gasteiger partial charge in [0, 0.05) is 12.6 Å². The summed E-state index contributed by atoms with van der Waals surface area (Å²) in [5.41, 5.74) is 1.00. The number of aryl methyl sites for hydroxylation is 1. The first kappa shape index (κ1) is 15.0. The summed E-state index contributed by atoms with van der Waals surface area (Å²) in [7, 11) is 0. The molecule has 0 aliphatic heterocycles. The number of aromatic nitrogens is 3. The Labute approximate surface area is 135 Å². The number of fused-ring (bicyclic) bond motifs is 1. The van der Waals surface area contributed by atoms with Gasteiger partial charge in [-0.2, -0.15) is 16.6 Å². The minimum Gasteiger partial charge on any atom is -0.337 e. The summed E-state index contributed by atoms with van der Waals surface area (Å²) in [5.74, 6) is -0.299. The molecule has 3 aromatic rings. The van der Waals surface area contributed by atoms with Crippen LogP contribution in [-0.2, 0) is 11.3 Å². The van der Waals surface area contributed by atoms with Crippen LogP contribution in [0.15, 0.2) is 46.0 Å². The fourth-order valence-electron chi connectivity index (χ4n) is 2.18. The van der Waals surface area contributed by atoms with Crippen LogP contribution in [0.1, 0.15) is 18.0 Å². The summed E-state index contributed by atoms with van der Waals surface area (Å²) in [4.78, 5) is 24.1. The van der Waals surface area contributed by atoms with Gasteiger partial charge in [-0.05, 0) is 34.5 Å². The topological polar surface area (TPSA) is 92.2 Å². The highest BCUT2D eigenvalue weighted by atomic mass is 32.1. The summed E-state index contributed by atoms with van der Waals surface area (Å²) in [5, 5.41) is 19.6. The first-order valence-electron chi connectivity index (χ1n) is 6.94. The fourth-order valence-corrected chi connectivity index (χ4v) is 2.87. The Bertz CT molecular complexity index is 919. The number of nitrogens with zero attached hydrogens (tertiary/aromatic N) is 4. The summed E-state index contributed by atoms with van der Waals surface area (Å²) in [6.07, 6.45) is 1.70. The first-order valence-corrected chi connectivity index (χ1v) is 7.88. The lowest BCUT2D eigenvalue weighted by molar-refractivity contribution is -0.121. The molecule has 3 rings (SSSR count). The first-order chi connectivity index (χ1) is 11.2. The summed E-state index contributed by atoms with van der Waals surface area (Å²) < 4.78 is 2.67. The van der Waals surface area contributed by atoms with E-state index in [1.165, 1.54) is 20.4 Å². The third-order valence-electron chi connectivity index (χ3n) is 3.35. The molecule has 1 N–H and O–H groups in total. The number of nitriles is 1. The van der Waals surface area contributed by atoms with E-state index < -0.39 is 6.04 Å². The Morgan fingerprint density at radius 3 is 3.00 bits per heavy atom. The zero-order valence-corrected chi connectivity index (χ0v) is 12.9. The number of rotatable bonds is 5. The van der Waals surface area contributed by atoms with E-state index in [1.807, 2.05) is 10.8 Å². The molecule has 0 aliphatic carbocycles. The largest absolute Gasteiger partial charge is 0.350 e. The van der Waals surface area contributed by atoms with Crippen LogP contribution in [0.3, 0.4) is 0 Å². The average molecular weight is 327 g/mol. The maximum atomic E-state index is 12.1. The monoisotopic (exact) mass is 327 g/mol.